The lowest BCUT2D eigenvalue weighted by atomic mass is 10.1. The summed E-state index contributed by atoms with van der Waals surface area (Å²) in [6.45, 7) is 2.91. The maximum absolute atomic E-state index is 12.0. The van der Waals surface area contributed by atoms with Crippen LogP contribution in [0.2, 0.25) is 0 Å². The minimum atomic E-state index is -0.106. The van der Waals surface area contributed by atoms with E-state index < -0.39 is 0 Å². The Morgan fingerprint density at radius 2 is 2.38 bits per heavy atom. The third kappa shape index (κ3) is 3.09. The van der Waals surface area contributed by atoms with Gasteiger partial charge in [-0.15, -0.1) is 10.2 Å². The summed E-state index contributed by atoms with van der Waals surface area (Å²) < 4.78 is 2.12. The molecule has 3 heterocycles. The first-order chi connectivity index (χ1) is 10.2. The lowest BCUT2D eigenvalue weighted by molar-refractivity contribution is -0.121. The predicted octanol–water partition coefficient (Wildman–Crippen LogP) is 1.43. The van der Waals surface area contributed by atoms with E-state index in [0.717, 1.165) is 36.6 Å². The number of pyridine rings is 1. The van der Waals surface area contributed by atoms with Crippen molar-refractivity contribution in [3.63, 3.8) is 0 Å². The highest BCUT2D eigenvalue weighted by Gasteiger charge is 2.22. The van der Waals surface area contributed by atoms with Gasteiger partial charge in [-0.2, -0.15) is 0 Å². The van der Waals surface area contributed by atoms with Crippen LogP contribution in [0.15, 0.2) is 24.5 Å². The molecule has 110 valence electrons. The Labute approximate surface area is 123 Å². The molecule has 0 radical (unpaired) electrons. The van der Waals surface area contributed by atoms with Crippen molar-refractivity contribution in [2.45, 2.75) is 45.2 Å². The van der Waals surface area contributed by atoms with E-state index in [1.54, 1.807) is 12.4 Å². The molecule has 6 heteroatoms. The molecular formula is C15H19N5O. The van der Waals surface area contributed by atoms with E-state index >= 15 is 0 Å². The fourth-order valence-corrected chi connectivity index (χ4v) is 2.68. The minimum Gasteiger partial charge on any atom is -0.346 e. The molecule has 0 aliphatic carbocycles. The number of carbonyl (C=O) groups is 1. The lowest BCUT2D eigenvalue weighted by Gasteiger charge is -2.13. The second-order valence-corrected chi connectivity index (χ2v) is 5.38. The van der Waals surface area contributed by atoms with Gasteiger partial charge in [-0.3, -0.25) is 9.78 Å². The van der Waals surface area contributed by atoms with Crippen molar-refractivity contribution in [2.75, 3.05) is 0 Å². The van der Waals surface area contributed by atoms with Crippen molar-refractivity contribution in [2.24, 2.45) is 0 Å². The number of hydrogen-bond acceptors (Lipinski definition) is 4. The predicted molar refractivity (Wildman–Crippen MR) is 77.5 cm³/mol. The highest BCUT2D eigenvalue weighted by Crippen LogP contribution is 2.18. The van der Waals surface area contributed by atoms with E-state index in [1.807, 2.05) is 19.1 Å². The molecule has 2 aromatic heterocycles. The van der Waals surface area contributed by atoms with Gasteiger partial charge in [0.1, 0.15) is 5.82 Å². The number of fused-ring (bicyclic) bond motifs is 1. The molecular weight excluding hydrogens is 266 g/mol. The Hall–Kier alpha value is -2.24. The second kappa shape index (κ2) is 6.03. The van der Waals surface area contributed by atoms with Gasteiger partial charge in [0.25, 0.3) is 0 Å². The zero-order chi connectivity index (χ0) is 14.7. The number of aryl methyl sites for hydroxylation is 2. The van der Waals surface area contributed by atoms with Crippen LogP contribution in [0.3, 0.4) is 0 Å². The number of aromatic nitrogens is 4. The average molecular weight is 285 g/mol. The first kappa shape index (κ1) is 13.7. The third-order valence-corrected chi connectivity index (χ3v) is 3.77. The smallest absolute Gasteiger partial charge is 0.220 e. The van der Waals surface area contributed by atoms with Crippen molar-refractivity contribution in [1.29, 1.82) is 0 Å². The molecule has 0 aromatic carbocycles. The zero-order valence-corrected chi connectivity index (χ0v) is 12.1. The summed E-state index contributed by atoms with van der Waals surface area (Å²) in [4.78, 5) is 16.1. The summed E-state index contributed by atoms with van der Waals surface area (Å²) in [7, 11) is 0. The molecule has 0 fully saturated rings. The summed E-state index contributed by atoms with van der Waals surface area (Å²) in [6.07, 6.45) is 6.77. The molecule has 0 spiro atoms. The number of amides is 1. The van der Waals surface area contributed by atoms with Gasteiger partial charge in [-0.1, -0.05) is 6.07 Å². The van der Waals surface area contributed by atoms with Crippen LogP contribution in [0.4, 0.5) is 0 Å². The summed E-state index contributed by atoms with van der Waals surface area (Å²) in [6, 6.07) is 3.76. The maximum Gasteiger partial charge on any atom is 0.220 e. The zero-order valence-electron chi connectivity index (χ0n) is 12.1. The molecule has 1 aliphatic rings. The molecule has 3 rings (SSSR count). The van der Waals surface area contributed by atoms with Gasteiger partial charge in [0.2, 0.25) is 5.91 Å². The molecule has 1 amide bonds. The summed E-state index contributed by atoms with van der Waals surface area (Å²) in [5.41, 5.74) is 1.07. The minimum absolute atomic E-state index is 0.0294. The molecule has 1 N–H and O–H groups in total. The quantitative estimate of drug-likeness (QED) is 0.902. The fraction of sp³-hybridized carbons (Fsp3) is 0.467. The Balaban J connectivity index is 1.54. The van der Waals surface area contributed by atoms with Crippen LogP contribution in [0.25, 0.3) is 0 Å². The molecule has 1 aliphatic heterocycles. The molecule has 1 atom stereocenters. The standard InChI is InChI=1S/C15H19N5O/c1-11(15-19-18-13-5-3-9-20(13)15)17-14(21)7-6-12-4-2-8-16-10-12/h2,4,8,10-11H,3,5-7,9H2,1H3,(H,17,21). The molecule has 1 unspecified atom stereocenters. The van der Waals surface area contributed by atoms with E-state index in [0.29, 0.717) is 12.8 Å². The monoisotopic (exact) mass is 285 g/mol. The van der Waals surface area contributed by atoms with E-state index in [9.17, 15) is 4.79 Å². The summed E-state index contributed by atoms with van der Waals surface area (Å²) in [5.74, 6) is 1.92. The topological polar surface area (TPSA) is 72.7 Å². The van der Waals surface area contributed by atoms with E-state index in [2.05, 4.69) is 25.1 Å². The lowest BCUT2D eigenvalue weighted by Crippen LogP contribution is -2.28. The Morgan fingerprint density at radius 3 is 3.19 bits per heavy atom. The van der Waals surface area contributed by atoms with Crippen LogP contribution in [-0.2, 0) is 24.2 Å². The van der Waals surface area contributed by atoms with Crippen LogP contribution in [0, 0.1) is 0 Å². The van der Waals surface area contributed by atoms with Gasteiger partial charge in [0.05, 0.1) is 6.04 Å². The molecule has 2 aromatic rings. The van der Waals surface area contributed by atoms with Gasteiger partial charge in [0, 0.05) is 31.8 Å². The van der Waals surface area contributed by atoms with E-state index in [4.69, 9.17) is 0 Å². The van der Waals surface area contributed by atoms with Gasteiger partial charge in [0.15, 0.2) is 5.82 Å². The highest BCUT2D eigenvalue weighted by atomic mass is 16.1. The SMILES string of the molecule is CC(NC(=O)CCc1cccnc1)c1nnc2n1CCC2. The van der Waals surface area contributed by atoms with E-state index in [1.165, 1.54) is 0 Å². The van der Waals surface area contributed by atoms with Gasteiger partial charge >= 0.3 is 0 Å². The van der Waals surface area contributed by atoms with Crippen molar-refractivity contribution in [1.82, 2.24) is 25.1 Å². The Bertz CT molecular complexity index is 622. The Kier molecular flexibility index (Phi) is 3.94. The number of nitrogens with one attached hydrogen (secondary N) is 1. The van der Waals surface area contributed by atoms with E-state index in [-0.39, 0.29) is 11.9 Å². The van der Waals surface area contributed by atoms with Crippen molar-refractivity contribution in [3.05, 3.63) is 41.7 Å². The average Bonchev–Trinajstić information content (AvgIpc) is 3.09. The van der Waals surface area contributed by atoms with Gasteiger partial charge in [-0.25, -0.2) is 0 Å². The molecule has 21 heavy (non-hydrogen) atoms. The largest absolute Gasteiger partial charge is 0.346 e. The van der Waals surface area contributed by atoms with Crippen LogP contribution in [0.1, 0.15) is 43.0 Å². The normalized spacial score (nSPS) is 14.7. The second-order valence-electron chi connectivity index (χ2n) is 5.38. The fourth-order valence-electron chi connectivity index (χ4n) is 2.68. The van der Waals surface area contributed by atoms with Crippen LogP contribution < -0.4 is 5.32 Å². The van der Waals surface area contributed by atoms with Gasteiger partial charge < -0.3 is 9.88 Å². The van der Waals surface area contributed by atoms with Crippen LogP contribution in [0.5, 0.6) is 0 Å². The van der Waals surface area contributed by atoms with Crippen molar-refractivity contribution < 1.29 is 4.79 Å². The van der Waals surface area contributed by atoms with Crippen LogP contribution in [-0.4, -0.2) is 25.7 Å². The molecule has 0 saturated heterocycles. The number of carbonyl (C=O) groups excluding carboxylic acids is 1. The number of nitrogens with zero attached hydrogens (tertiary/aromatic N) is 4. The maximum atomic E-state index is 12.0. The molecule has 0 saturated carbocycles. The molecule has 6 nitrogen and oxygen atoms in total. The first-order valence-electron chi connectivity index (χ1n) is 7.34. The summed E-state index contributed by atoms with van der Waals surface area (Å²) in [5, 5.41) is 11.4. The van der Waals surface area contributed by atoms with Crippen molar-refractivity contribution in [3.8, 4) is 0 Å². The summed E-state index contributed by atoms with van der Waals surface area (Å²) >= 11 is 0. The number of rotatable bonds is 5. The number of hydrogen-bond donors (Lipinski definition) is 1. The van der Waals surface area contributed by atoms with Crippen LogP contribution >= 0.6 is 0 Å². The Morgan fingerprint density at radius 1 is 1.48 bits per heavy atom. The van der Waals surface area contributed by atoms with Gasteiger partial charge in [-0.05, 0) is 31.4 Å². The highest BCUT2D eigenvalue weighted by molar-refractivity contribution is 5.76. The molecule has 0 bridgehead atoms. The van der Waals surface area contributed by atoms with Crippen molar-refractivity contribution >= 4 is 5.91 Å². The third-order valence-electron chi connectivity index (χ3n) is 3.77. The first-order valence-corrected chi connectivity index (χ1v) is 7.34.